The Morgan fingerprint density at radius 2 is 1.84 bits per heavy atom. The molecule has 2 aliphatic heterocycles. The van der Waals surface area contributed by atoms with Gasteiger partial charge in [0.05, 0.1) is 23.0 Å². The number of morpholine rings is 1. The number of sulfonamides is 1. The van der Waals surface area contributed by atoms with Gasteiger partial charge in [-0.1, -0.05) is 6.07 Å². The summed E-state index contributed by atoms with van der Waals surface area (Å²) < 4.78 is 31.9. The molecule has 3 amide bonds. The Morgan fingerprint density at radius 1 is 1.12 bits per heavy atom. The molecule has 0 aliphatic carbocycles. The average Bonchev–Trinajstić information content (AvgIpc) is 3.39. The molecule has 3 heterocycles. The number of ether oxygens (including phenoxy) is 1. The molecular weight excluding hydrogens is 474 g/mol. The summed E-state index contributed by atoms with van der Waals surface area (Å²) >= 11 is 2.23. The molecule has 9 nitrogen and oxygen atoms in total. The summed E-state index contributed by atoms with van der Waals surface area (Å²) in [7, 11) is -3.63. The molecule has 0 radical (unpaired) electrons. The van der Waals surface area contributed by atoms with Crippen molar-refractivity contribution < 1.29 is 27.5 Å². The van der Waals surface area contributed by atoms with E-state index in [1.807, 2.05) is 17.5 Å². The van der Waals surface area contributed by atoms with Crippen LogP contribution >= 0.6 is 23.1 Å². The topological polar surface area (TPSA) is 113 Å². The standard InChI is InChI=1S/C20H19N3O6S3/c24-18(13-23-19(25)17(31-20(23)26)12-15-2-1-11-30-15)21-14-3-5-16(6-4-14)32(27,28)22-7-9-29-10-8-22/h1-6,11-12H,7-10,13H2,(H,21,24). The van der Waals surface area contributed by atoms with Gasteiger partial charge in [-0.25, -0.2) is 8.42 Å². The molecule has 32 heavy (non-hydrogen) atoms. The Morgan fingerprint density at radius 3 is 2.50 bits per heavy atom. The first-order valence-corrected chi connectivity index (χ1v) is 12.7. The second kappa shape index (κ2) is 9.55. The molecule has 2 aromatic rings. The molecule has 0 atom stereocenters. The van der Waals surface area contributed by atoms with E-state index in [0.717, 1.165) is 21.5 Å². The number of amides is 3. The Hall–Kier alpha value is -2.51. The fraction of sp³-hybridized carbons (Fsp3) is 0.250. The van der Waals surface area contributed by atoms with Gasteiger partial charge >= 0.3 is 0 Å². The third-order valence-corrected chi connectivity index (χ3v) is 8.38. The lowest BCUT2D eigenvalue weighted by atomic mass is 10.3. The van der Waals surface area contributed by atoms with Crippen LogP contribution in [0.2, 0.25) is 0 Å². The number of hydrogen-bond acceptors (Lipinski definition) is 8. The smallest absolute Gasteiger partial charge is 0.294 e. The average molecular weight is 494 g/mol. The number of imide groups is 1. The van der Waals surface area contributed by atoms with Crippen LogP contribution in [-0.4, -0.2) is 67.5 Å². The summed E-state index contributed by atoms with van der Waals surface area (Å²) in [4.78, 5) is 39.2. The molecule has 168 valence electrons. The van der Waals surface area contributed by atoms with Gasteiger partial charge in [-0.05, 0) is 53.5 Å². The van der Waals surface area contributed by atoms with E-state index in [1.54, 1.807) is 6.08 Å². The van der Waals surface area contributed by atoms with E-state index in [1.165, 1.54) is 39.9 Å². The molecule has 12 heteroatoms. The lowest BCUT2D eigenvalue weighted by Gasteiger charge is -2.26. The Balaban J connectivity index is 1.38. The van der Waals surface area contributed by atoms with Crippen LogP contribution in [0.15, 0.2) is 51.6 Å². The van der Waals surface area contributed by atoms with E-state index in [9.17, 15) is 22.8 Å². The van der Waals surface area contributed by atoms with Gasteiger partial charge in [-0.15, -0.1) is 11.3 Å². The van der Waals surface area contributed by atoms with Crippen LogP contribution in [-0.2, 0) is 24.3 Å². The van der Waals surface area contributed by atoms with Crippen LogP contribution in [0, 0.1) is 0 Å². The van der Waals surface area contributed by atoms with Crippen LogP contribution in [0.25, 0.3) is 6.08 Å². The molecule has 1 aromatic carbocycles. The quantitative estimate of drug-likeness (QED) is 0.615. The molecular formula is C20H19N3O6S3. The number of benzene rings is 1. The van der Waals surface area contributed by atoms with Crippen molar-refractivity contribution in [3.8, 4) is 0 Å². The van der Waals surface area contributed by atoms with E-state index in [2.05, 4.69) is 5.32 Å². The number of nitrogens with one attached hydrogen (secondary N) is 1. The maximum atomic E-state index is 12.7. The SMILES string of the molecule is O=C(CN1C(=O)SC(=Cc2cccs2)C1=O)Nc1ccc(S(=O)(=O)N2CCOCC2)cc1. The van der Waals surface area contributed by atoms with Crippen LogP contribution in [0.1, 0.15) is 4.88 Å². The lowest BCUT2D eigenvalue weighted by Crippen LogP contribution is -2.40. The number of nitrogens with zero attached hydrogens (tertiary/aromatic N) is 2. The van der Waals surface area contributed by atoms with Crippen LogP contribution < -0.4 is 5.32 Å². The molecule has 1 aromatic heterocycles. The zero-order valence-electron chi connectivity index (χ0n) is 16.7. The van der Waals surface area contributed by atoms with Gasteiger partial charge < -0.3 is 10.1 Å². The second-order valence-electron chi connectivity index (χ2n) is 6.87. The van der Waals surface area contributed by atoms with E-state index in [4.69, 9.17) is 4.74 Å². The van der Waals surface area contributed by atoms with Crippen molar-refractivity contribution in [1.29, 1.82) is 0 Å². The Bertz CT molecular complexity index is 1150. The fourth-order valence-electron chi connectivity index (χ4n) is 3.13. The van der Waals surface area contributed by atoms with Crippen molar-refractivity contribution in [3.63, 3.8) is 0 Å². The first-order chi connectivity index (χ1) is 15.3. The summed E-state index contributed by atoms with van der Waals surface area (Å²) in [6.45, 7) is 0.854. The van der Waals surface area contributed by atoms with Gasteiger partial charge in [0.25, 0.3) is 11.1 Å². The highest BCUT2D eigenvalue weighted by atomic mass is 32.2. The van der Waals surface area contributed by atoms with Crippen molar-refractivity contribution in [3.05, 3.63) is 51.6 Å². The molecule has 0 bridgehead atoms. The van der Waals surface area contributed by atoms with E-state index in [-0.39, 0.29) is 9.80 Å². The maximum absolute atomic E-state index is 12.7. The molecule has 1 N–H and O–H groups in total. The third-order valence-electron chi connectivity index (χ3n) is 4.74. The first kappa shape index (κ1) is 22.7. The number of rotatable bonds is 6. The van der Waals surface area contributed by atoms with Crippen LogP contribution in [0.3, 0.4) is 0 Å². The van der Waals surface area contributed by atoms with Crippen molar-refractivity contribution in [2.75, 3.05) is 38.2 Å². The molecule has 0 saturated carbocycles. The highest BCUT2D eigenvalue weighted by molar-refractivity contribution is 8.18. The van der Waals surface area contributed by atoms with E-state index < -0.39 is 33.6 Å². The Labute approximate surface area is 193 Å². The largest absolute Gasteiger partial charge is 0.379 e. The minimum absolute atomic E-state index is 0.113. The number of hydrogen-bond donors (Lipinski definition) is 1. The van der Waals surface area contributed by atoms with Gasteiger partial charge in [-0.2, -0.15) is 4.31 Å². The fourth-order valence-corrected chi connectivity index (χ4v) is 6.10. The first-order valence-electron chi connectivity index (χ1n) is 9.61. The summed E-state index contributed by atoms with van der Waals surface area (Å²) in [5.41, 5.74) is 0.358. The van der Waals surface area contributed by atoms with Crippen molar-refractivity contribution >= 4 is 61.9 Å². The second-order valence-corrected chi connectivity index (χ2v) is 10.8. The van der Waals surface area contributed by atoms with Crippen molar-refractivity contribution in [2.24, 2.45) is 0 Å². The van der Waals surface area contributed by atoms with Gasteiger partial charge in [-0.3, -0.25) is 19.3 Å². The van der Waals surface area contributed by atoms with Crippen molar-refractivity contribution in [1.82, 2.24) is 9.21 Å². The predicted molar refractivity (Wildman–Crippen MR) is 122 cm³/mol. The van der Waals surface area contributed by atoms with E-state index >= 15 is 0 Å². The number of thioether (sulfide) groups is 1. The minimum atomic E-state index is -3.63. The number of anilines is 1. The third kappa shape index (κ3) is 4.94. The van der Waals surface area contributed by atoms with Gasteiger partial charge in [0, 0.05) is 23.7 Å². The minimum Gasteiger partial charge on any atom is -0.379 e. The van der Waals surface area contributed by atoms with E-state index in [0.29, 0.717) is 32.0 Å². The summed E-state index contributed by atoms with van der Waals surface area (Å²) in [5.74, 6) is -1.08. The molecule has 0 spiro atoms. The van der Waals surface area contributed by atoms with Crippen LogP contribution in [0.4, 0.5) is 10.5 Å². The monoisotopic (exact) mass is 493 g/mol. The highest BCUT2D eigenvalue weighted by Gasteiger charge is 2.36. The zero-order chi connectivity index (χ0) is 22.7. The summed E-state index contributed by atoms with van der Waals surface area (Å²) in [5, 5.41) is 3.94. The number of carbonyl (C=O) groups is 3. The summed E-state index contributed by atoms with van der Waals surface area (Å²) in [6, 6.07) is 9.42. The van der Waals surface area contributed by atoms with Gasteiger partial charge in [0.1, 0.15) is 6.54 Å². The Kier molecular flexibility index (Phi) is 6.76. The van der Waals surface area contributed by atoms with Crippen LogP contribution in [0.5, 0.6) is 0 Å². The summed E-state index contributed by atoms with van der Waals surface area (Å²) in [6.07, 6.45) is 1.63. The molecule has 2 saturated heterocycles. The number of carbonyl (C=O) groups excluding carboxylic acids is 3. The lowest BCUT2D eigenvalue weighted by molar-refractivity contribution is -0.127. The molecule has 2 fully saturated rings. The molecule has 4 rings (SSSR count). The number of thiophene rings is 1. The molecule has 0 unspecified atom stereocenters. The van der Waals surface area contributed by atoms with Crippen molar-refractivity contribution in [2.45, 2.75) is 4.90 Å². The molecule has 2 aliphatic rings. The van der Waals surface area contributed by atoms with Gasteiger partial charge in [0.2, 0.25) is 15.9 Å². The predicted octanol–water partition coefficient (Wildman–Crippen LogP) is 2.44. The zero-order valence-corrected chi connectivity index (χ0v) is 19.2. The van der Waals surface area contributed by atoms with Gasteiger partial charge in [0.15, 0.2) is 0 Å². The normalized spacial score (nSPS) is 19.0. The maximum Gasteiger partial charge on any atom is 0.294 e. The highest BCUT2D eigenvalue weighted by Crippen LogP contribution is 2.32.